The number of piperidine rings is 1. The van der Waals surface area contributed by atoms with Crippen molar-refractivity contribution in [3.8, 4) is 0 Å². The lowest BCUT2D eigenvalue weighted by Gasteiger charge is -2.31. The molecule has 0 radical (unpaired) electrons. The monoisotopic (exact) mass is 458 g/mol. The molecule has 1 aliphatic heterocycles. The first-order valence-electron chi connectivity index (χ1n) is 10.8. The summed E-state index contributed by atoms with van der Waals surface area (Å²) in [7, 11) is -3.58. The Bertz CT molecular complexity index is 1070. The van der Waals surface area contributed by atoms with E-state index in [4.69, 9.17) is 4.74 Å². The molecule has 0 unspecified atom stereocenters. The van der Waals surface area contributed by atoms with E-state index >= 15 is 0 Å². The first-order valence-corrected chi connectivity index (χ1v) is 12.3. The number of ether oxygens (including phenoxy) is 1. The van der Waals surface area contributed by atoms with E-state index in [-0.39, 0.29) is 24.2 Å². The smallest absolute Gasteiger partial charge is 0.310 e. The van der Waals surface area contributed by atoms with Gasteiger partial charge in [-0.05, 0) is 68.5 Å². The van der Waals surface area contributed by atoms with Crippen molar-refractivity contribution < 1.29 is 22.7 Å². The molecule has 32 heavy (non-hydrogen) atoms. The second-order valence-corrected chi connectivity index (χ2v) is 10.0. The van der Waals surface area contributed by atoms with Crippen molar-refractivity contribution in [1.82, 2.24) is 4.31 Å². The van der Waals surface area contributed by atoms with Gasteiger partial charge in [0.05, 0.1) is 17.9 Å². The highest BCUT2D eigenvalue weighted by atomic mass is 32.2. The molecule has 0 atom stereocenters. The average molecular weight is 459 g/mol. The molecule has 1 heterocycles. The molecule has 8 heteroatoms. The predicted octanol–water partition coefficient (Wildman–Crippen LogP) is 3.45. The van der Waals surface area contributed by atoms with Gasteiger partial charge in [-0.1, -0.05) is 24.3 Å². The molecule has 0 bridgehead atoms. The highest BCUT2D eigenvalue weighted by Gasteiger charge is 2.32. The van der Waals surface area contributed by atoms with E-state index in [9.17, 15) is 18.0 Å². The van der Waals surface area contributed by atoms with Crippen LogP contribution in [-0.4, -0.2) is 44.3 Å². The molecule has 1 N–H and O–H groups in total. The Hall–Kier alpha value is -2.71. The SMILES string of the molecule is CCOC(=O)Cc1ccc(NC(=O)C2CCN(S(=O)(=O)c3cc(C)ccc3C)CC2)cc1. The quantitative estimate of drug-likeness (QED) is 0.642. The first-order chi connectivity index (χ1) is 15.2. The summed E-state index contributed by atoms with van der Waals surface area (Å²) in [5.74, 6) is -0.655. The van der Waals surface area contributed by atoms with E-state index in [2.05, 4.69) is 5.32 Å². The summed E-state index contributed by atoms with van der Waals surface area (Å²) >= 11 is 0. The van der Waals surface area contributed by atoms with E-state index in [1.807, 2.05) is 19.1 Å². The van der Waals surface area contributed by atoms with Crippen molar-refractivity contribution in [3.05, 3.63) is 59.2 Å². The number of carbonyl (C=O) groups is 2. The fourth-order valence-electron chi connectivity index (χ4n) is 3.81. The lowest BCUT2D eigenvalue weighted by molar-refractivity contribution is -0.142. The van der Waals surface area contributed by atoms with Gasteiger partial charge in [-0.25, -0.2) is 8.42 Å². The summed E-state index contributed by atoms with van der Waals surface area (Å²) < 4.78 is 32.6. The van der Waals surface area contributed by atoms with Crippen molar-refractivity contribution in [2.24, 2.45) is 5.92 Å². The molecular weight excluding hydrogens is 428 g/mol. The Labute approximate surface area is 189 Å². The normalized spacial score (nSPS) is 15.3. The van der Waals surface area contributed by atoms with Gasteiger partial charge < -0.3 is 10.1 Å². The number of esters is 1. The molecule has 0 aliphatic carbocycles. The van der Waals surface area contributed by atoms with Gasteiger partial charge in [-0.15, -0.1) is 0 Å². The molecular formula is C24H30N2O5S. The molecule has 3 rings (SSSR count). The molecule has 1 aliphatic rings. The number of hydrogen-bond donors (Lipinski definition) is 1. The fourth-order valence-corrected chi connectivity index (χ4v) is 5.59. The van der Waals surface area contributed by atoms with E-state index in [1.165, 1.54) is 4.31 Å². The largest absolute Gasteiger partial charge is 0.466 e. The maximum absolute atomic E-state index is 13.1. The van der Waals surface area contributed by atoms with E-state index < -0.39 is 10.0 Å². The van der Waals surface area contributed by atoms with Gasteiger partial charge in [-0.3, -0.25) is 9.59 Å². The van der Waals surface area contributed by atoms with Crippen LogP contribution >= 0.6 is 0 Å². The van der Waals surface area contributed by atoms with Crippen LogP contribution in [0.2, 0.25) is 0 Å². The number of carbonyl (C=O) groups excluding carboxylic acids is 2. The van der Waals surface area contributed by atoms with Crippen LogP contribution < -0.4 is 5.32 Å². The van der Waals surface area contributed by atoms with Crippen LogP contribution in [0.5, 0.6) is 0 Å². The van der Waals surface area contributed by atoms with Crippen LogP contribution in [0.4, 0.5) is 5.69 Å². The van der Waals surface area contributed by atoms with Crippen LogP contribution in [0.1, 0.15) is 36.5 Å². The van der Waals surface area contributed by atoms with Crippen LogP contribution in [0.3, 0.4) is 0 Å². The maximum atomic E-state index is 13.1. The van der Waals surface area contributed by atoms with Gasteiger partial charge >= 0.3 is 5.97 Å². The summed E-state index contributed by atoms with van der Waals surface area (Å²) in [5.41, 5.74) is 3.08. The highest BCUT2D eigenvalue weighted by Crippen LogP contribution is 2.27. The Morgan fingerprint density at radius 1 is 1.06 bits per heavy atom. The summed E-state index contributed by atoms with van der Waals surface area (Å²) in [5, 5.41) is 2.90. The molecule has 2 aromatic carbocycles. The zero-order valence-corrected chi connectivity index (χ0v) is 19.6. The standard InChI is InChI=1S/C24H30N2O5S/c1-4-31-23(27)16-19-7-9-21(10-8-19)25-24(28)20-11-13-26(14-12-20)32(29,30)22-15-17(2)5-6-18(22)3/h5-10,15,20H,4,11-14,16H2,1-3H3,(H,25,28). The van der Waals surface area contributed by atoms with Crippen LogP contribution in [-0.2, 0) is 30.8 Å². The predicted molar refractivity (Wildman–Crippen MR) is 123 cm³/mol. The minimum absolute atomic E-state index is 0.119. The lowest BCUT2D eigenvalue weighted by atomic mass is 9.97. The molecule has 1 fully saturated rings. The number of benzene rings is 2. The number of aryl methyl sites for hydroxylation is 2. The number of nitrogens with one attached hydrogen (secondary N) is 1. The Balaban J connectivity index is 1.56. The molecule has 0 saturated carbocycles. The van der Waals surface area contributed by atoms with E-state index in [0.29, 0.717) is 43.1 Å². The number of rotatable bonds is 7. The number of nitrogens with zero attached hydrogens (tertiary/aromatic N) is 1. The van der Waals surface area contributed by atoms with Crippen molar-refractivity contribution in [3.63, 3.8) is 0 Å². The van der Waals surface area contributed by atoms with E-state index in [0.717, 1.165) is 16.7 Å². The third-order valence-electron chi connectivity index (χ3n) is 5.66. The molecule has 7 nitrogen and oxygen atoms in total. The van der Waals surface area contributed by atoms with Crippen LogP contribution in [0.15, 0.2) is 47.4 Å². The minimum atomic E-state index is -3.58. The molecule has 0 spiro atoms. The van der Waals surface area contributed by atoms with E-state index in [1.54, 1.807) is 44.2 Å². The van der Waals surface area contributed by atoms with Crippen molar-refractivity contribution in [2.75, 3.05) is 25.0 Å². The van der Waals surface area contributed by atoms with Gasteiger partial charge in [0, 0.05) is 24.7 Å². The Morgan fingerprint density at radius 2 is 1.72 bits per heavy atom. The number of anilines is 1. The van der Waals surface area contributed by atoms with Gasteiger partial charge in [0.25, 0.3) is 0 Å². The Morgan fingerprint density at radius 3 is 2.34 bits per heavy atom. The Kier molecular flexibility index (Phi) is 7.69. The average Bonchev–Trinajstić information content (AvgIpc) is 2.77. The first kappa shape index (κ1) is 23.9. The zero-order valence-electron chi connectivity index (χ0n) is 18.8. The second-order valence-electron chi connectivity index (χ2n) is 8.12. The molecule has 0 aromatic heterocycles. The number of amides is 1. The molecule has 1 saturated heterocycles. The fraction of sp³-hybridized carbons (Fsp3) is 0.417. The molecule has 2 aromatic rings. The maximum Gasteiger partial charge on any atom is 0.310 e. The number of hydrogen-bond acceptors (Lipinski definition) is 5. The third kappa shape index (κ3) is 5.75. The van der Waals surface area contributed by atoms with Gasteiger partial charge in [0.1, 0.15) is 0 Å². The molecule has 172 valence electrons. The summed E-state index contributed by atoms with van der Waals surface area (Å²) in [6, 6.07) is 12.5. The van der Waals surface area contributed by atoms with Crippen molar-refractivity contribution in [1.29, 1.82) is 0 Å². The van der Waals surface area contributed by atoms with Crippen molar-refractivity contribution in [2.45, 2.75) is 44.9 Å². The summed E-state index contributed by atoms with van der Waals surface area (Å²) in [4.78, 5) is 24.6. The lowest BCUT2D eigenvalue weighted by Crippen LogP contribution is -2.41. The van der Waals surface area contributed by atoms with Crippen LogP contribution in [0, 0.1) is 19.8 Å². The third-order valence-corrected chi connectivity index (χ3v) is 7.70. The van der Waals surface area contributed by atoms with Gasteiger partial charge in [0.2, 0.25) is 15.9 Å². The summed E-state index contributed by atoms with van der Waals surface area (Å²) in [6.45, 7) is 6.40. The van der Waals surface area contributed by atoms with Gasteiger partial charge in [0.15, 0.2) is 0 Å². The zero-order chi connectivity index (χ0) is 23.3. The minimum Gasteiger partial charge on any atom is -0.466 e. The van der Waals surface area contributed by atoms with Gasteiger partial charge in [-0.2, -0.15) is 4.31 Å². The van der Waals surface area contributed by atoms with Crippen LogP contribution in [0.25, 0.3) is 0 Å². The summed E-state index contributed by atoms with van der Waals surface area (Å²) in [6.07, 6.45) is 1.13. The van der Waals surface area contributed by atoms with Crippen molar-refractivity contribution >= 4 is 27.6 Å². The second kappa shape index (κ2) is 10.3. The number of sulfonamides is 1. The molecule has 1 amide bonds. The topological polar surface area (TPSA) is 92.8 Å². The highest BCUT2D eigenvalue weighted by molar-refractivity contribution is 7.89.